The molecule has 0 saturated heterocycles. The van der Waals surface area contributed by atoms with Gasteiger partial charge in [0.1, 0.15) is 0 Å². The molecule has 0 saturated carbocycles. The van der Waals surface area contributed by atoms with E-state index in [9.17, 15) is 4.79 Å². The van der Waals surface area contributed by atoms with E-state index < -0.39 is 5.54 Å². The molecule has 4 heteroatoms. The van der Waals surface area contributed by atoms with E-state index >= 15 is 0 Å². The lowest BCUT2D eigenvalue weighted by Gasteiger charge is -2.28. The number of carbonyl (C=O) groups is 1. The molecule has 1 aliphatic carbocycles. The fraction of sp³-hybridized carbons (Fsp3) is 0.333. The molecule has 1 aliphatic heterocycles. The predicted molar refractivity (Wildman–Crippen MR) is 60.4 cm³/mol. The number of amidine groups is 1. The molecule has 0 fully saturated rings. The molecule has 0 radical (unpaired) electrons. The smallest absolute Gasteiger partial charge is 0.443 e. The molecule has 1 unspecified atom stereocenters. The van der Waals surface area contributed by atoms with Gasteiger partial charge < -0.3 is 5.11 Å². The first-order valence-electron chi connectivity index (χ1n) is 5.39. The first kappa shape index (κ1) is 9.39. The third-order valence-electron chi connectivity index (χ3n) is 3.39. The van der Waals surface area contributed by atoms with Gasteiger partial charge in [-0.2, -0.15) is 4.99 Å². The lowest BCUT2D eigenvalue weighted by Crippen LogP contribution is -2.44. The summed E-state index contributed by atoms with van der Waals surface area (Å²) in [6, 6.07) is 8.15. The van der Waals surface area contributed by atoms with Gasteiger partial charge in [-0.25, -0.2) is 5.32 Å². The molecule has 0 aromatic heterocycles. The van der Waals surface area contributed by atoms with Crippen LogP contribution in [-0.4, -0.2) is 22.6 Å². The summed E-state index contributed by atoms with van der Waals surface area (Å²) in [6.07, 6.45) is 2.19. The number of benzene rings is 1. The minimum Gasteiger partial charge on any atom is -0.565 e. The fourth-order valence-corrected chi connectivity index (χ4v) is 2.52. The van der Waals surface area contributed by atoms with Crippen LogP contribution in [0.5, 0.6) is 0 Å². The topological polar surface area (TPSA) is 64.4 Å². The van der Waals surface area contributed by atoms with Gasteiger partial charge in [0.2, 0.25) is 0 Å². The normalized spacial score (nSPS) is 27.5. The number of hydrogen-bond acceptors (Lipinski definition) is 2. The summed E-state index contributed by atoms with van der Waals surface area (Å²) in [4.78, 5) is 16.0. The molecule has 2 aliphatic rings. The second kappa shape index (κ2) is 3.07. The Hall–Kier alpha value is -1.84. The molecule has 16 heavy (non-hydrogen) atoms. The van der Waals surface area contributed by atoms with Crippen molar-refractivity contribution in [3.63, 3.8) is 0 Å². The third-order valence-corrected chi connectivity index (χ3v) is 3.39. The van der Waals surface area contributed by atoms with Crippen LogP contribution in [0.25, 0.3) is 0 Å². The van der Waals surface area contributed by atoms with Crippen molar-refractivity contribution >= 4 is 11.9 Å². The van der Waals surface area contributed by atoms with Crippen LogP contribution in [-0.2, 0) is 17.6 Å². The number of rotatable bonds is 0. The molecule has 3 N–H and O–H groups in total. The van der Waals surface area contributed by atoms with Crippen LogP contribution in [0.2, 0.25) is 0 Å². The number of aryl methyl sites for hydroxylation is 1. The van der Waals surface area contributed by atoms with Gasteiger partial charge in [-0.15, -0.1) is 0 Å². The Kier molecular flexibility index (Phi) is 1.80. The SMILES string of the molecule is O=C1NC([OH2+])=NC12CCc1ccccc1C2. The van der Waals surface area contributed by atoms with Crippen LogP contribution in [0.3, 0.4) is 0 Å². The molecule has 1 aromatic carbocycles. The summed E-state index contributed by atoms with van der Waals surface area (Å²) in [5.74, 6) is -0.119. The molecule has 1 spiro atoms. The summed E-state index contributed by atoms with van der Waals surface area (Å²) < 4.78 is 0. The average molecular weight is 217 g/mol. The standard InChI is InChI=1S/C12H12N2O2/c15-10-12(14-11(16)13-10)6-5-8-3-1-2-4-9(8)7-12/h1-4H,5-7H2,(H2,13,14,15,16)/p+1. The molecule has 3 rings (SSSR count). The maximum absolute atomic E-state index is 11.8. The van der Waals surface area contributed by atoms with E-state index in [2.05, 4.69) is 16.4 Å². The van der Waals surface area contributed by atoms with Gasteiger partial charge in [0, 0.05) is 6.42 Å². The highest BCUT2D eigenvalue weighted by molar-refractivity contribution is 6.04. The molecule has 82 valence electrons. The number of amides is 1. The van der Waals surface area contributed by atoms with Gasteiger partial charge in [0.15, 0.2) is 5.54 Å². The first-order valence-corrected chi connectivity index (χ1v) is 5.39. The zero-order valence-corrected chi connectivity index (χ0v) is 8.79. The maximum atomic E-state index is 11.8. The van der Waals surface area contributed by atoms with Gasteiger partial charge in [0.25, 0.3) is 5.91 Å². The van der Waals surface area contributed by atoms with Crippen molar-refractivity contribution in [3.8, 4) is 0 Å². The molecule has 4 nitrogen and oxygen atoms in total. The number of fused-ring (bicyclic) bond motifs is 1. The van der Waals surface area contributed by atoms with Crippen molar-refractivity contribution in [1.29, 1.82) is 0 Å². The molecular formula is C12H13N2O2+. The Balaban J connectivity index is 2.02. The van der Waals surface area contributed by atoms with E-state index in [4.69, 9.17) is 5.11 Å². The van der Waals surface area contributed by atoms with Crippen molar-refractivity contribution in [2.45, 2.75) is 24.8 Å². The summed E-state index contributed by atoms with van der Waals surface area (Å²) in [7, 11) is 0. The number of nitrogens with one attached hydrogen (secondary N) is 1. The fourth-order valence-electron chi connectivity index (χ4n) is 2.52. The lowest BCUT2D eigenvalue weighted by molar-refractivity contribution is -0.124. The highest BCUT2D eigenvalue weighted by Crippen LogP contribution is 2.33. The summed E-state index contributed by atoms with van der Waals surface area (Å²) in [5, 5.41) is 9.91. The van der Waals surface area contributed by atoms with Gasteiger partial charge >= 0.3 is 6.02 Å². The largest absolute Gasteiger partial charge is 0.565 e. The molecule has 1 heterocycles. The van der Waals surface area contributed by atoms with Gasteiger partial charge in [-0.05, 0) is 24.0 Å². The Morgan fingerprint density at radius 3 is 2.75 bits per heavy atom. The van der Waals surface area contributed by atoms with E-state index in [1.54, 1.807) is 0 Å². The van der Waals surface area contributed by atoms with Crippen LogP contribution < -0.4 is 5.32 Å². The number of hydrogen-bond donors (Lipinski definition) is 1. The van der Waals surface area contributed by atoms with E-state index in [1.807, 2.05) is 18.2 Å². The lowest BCUT2D eigenvalue weighted by atomic mass is 9.78. The predicted octanol–water partition coefficient (Wildman–Crippen LogP) is 0.124. The third kappa shape index (κ3) is 1.23. The molecular weight excluding hydrogens is 204 g/mol. The monoisotopic (exact) mass is 217 g/mol. The van der Waals surface area contributed by atoms with E-state index in [1.165, 1.54) is 11.1 Å². The number of carbonyl (C=O) groups excluding carboxylic acids is 1. The molecule has 0 bridgehead atoms. The number of aliphatic imine (C=N–C) groups is 1. The Labute approximate surface area is 93.0 Å². The Morgan fingerprint density at radius 1 is 1.31 bits per heavy atom. The second-order valence-corrected chi connectivity index (χ2v) is 4.39. The van der Waals surface area contributed by atoms with Crippen LogP contribution in [0.15, 0.2) is 29.3 Å². The molecule has 1 aromatic rings. The van der Waals surface area contributed by atoms with Crippen LogP contribution in [0.4, 0.5) is 0 Å². The van der Waals surface area contributed by atoms with Crippen molar-refractivity contribution < 1.29 is 9.90 Å². The van der Waals surface area contributed by atoms with Crippen LogP contribution in [0.1, 0.15) is 17.5 Å². The van der Waals surface area contributed by atoms with Gasteiger partial charge in [-0.1, -0.05) is 24.3 Å². The summed E-state index contributed by atoms with van der Waals surface area (Å²) in [6.45, 7) is 0. The minimum absolute atomic E-state index is 0.00406. The molecule has 1 amide bonds. The maximum Gasteiger partial charge on any atom is 0.443 e. The minimum atomic E-state index is -0.703. The quantitative estimate of drug-likeness (QED) is 0.616. The zero-order valence-electron chi connectivity index (χ0n) is 8.79. The summed E-state index contributed by atoms with van der Waals surface area (Å²) >= 11 is 0. The van der Waals surface area contributed by atoms with Crippen molar-refractivity contribution in [2.24, 2.45) is 4.99 Å². The Bertz CT molecular complexity index is 496. The molecule has 1 atom stereocenters. The van der Waals surface area contributed by atoms with Crippen molar-refractivity contribution in [3.05, 3.63) is 35.4 Å². The highest BCUT2D eigenvalue weighted by Gasteiger charge is 2.47. The Morgan fingerprint density at radius 2 is 2.06 bits per heavy atom. The van der Waals surface area contributed by atoms with E-state index in [0.717, 1.165) is 6.42 Å². The van der Waals surface area contributed by atoms with Crippen LogP contribution >= 0.6 is 0 Å². The van der Waals surface area contributed by atoms with Gasteiger partial charge in [0.05, 0.1) is 0 Å². The van der Waals surface area contributed by atoms with E-state index in [0.29, 0.717) is 12.8 Å². The van der Waals surface area contributed by atoms with Crippen LogP contribution in [0, 0.1) is 0 Å². The average Bonchev–Trinajstić information content (AvgIpc) is 2.53. The van der Waals surface area contributed by atoms with Crippen molar-refractivity contribution in [1.82, 2.24) is 5.32 Å². The zero-order chi connectivity index (χ0) is 11.2. The number of nitrogens with zero attached hydrogens (tertiary/aromatic N) is 1. The first-order chi connectivity index (χ1) is 7.70. The highest BCUT2D eigenvalue weighted by atomic mass is 16.3. The summed E-state index contributed by atoms with van der Waals surface area (Å²) in [5.41, 5.74) is 1.78. The van der Waals surface area contributed by atoms with Gasteiger partial charge in [-0.3, -0.25) is 4.79 Å². The van der Waals surface area contributed by atoms with Crippen molar-refractivity contribution in [2.75, 3.05) is 0 Å². The second-order valence-electron chi connectivity index (χ2n) is 4.39. The van der Waals surface area contributed by atoms with E-state index in [-0.39, 0.29) is 11.9 Å².